The molecular formula is C24H52Cl2N2Zr. The molecule has 0 aromatic heterocycles. The normalized spacial score (nSPS) is 9.86. The van der Waals surface area contributed by atoms with E-state index < -0.39 is 20.8 Å². The average Bonchev–Trinajstić information content (AvgIpc) is 2.72. The molecule has 0 aromatic carbocycles. The quantitative estimate of drug-likeness (QED) is 0.140. The zero-order valence-electron chi connectivity index (χ0n) is 20.3. The molecule has 0 amide bonds. The second-order valence-corrected chi connectivity index (χ2v) is 11.4. The Bertz CT molecular complexity index is 193. The molecule has 2 nitrogen and oxygen atoms in total. The molecule has 0 radical (unpaired) electrons. The summed E-state index contributed by atoms with van der Waals surface area (Å²) < 4.78 is 0. The number of halogens is 2. The summed E-state index contributed by atoms with van der Waals surface area (Å²) >= 11 is -0.826. The van der Waals surface area contributed by atoms with Gasteiger partial charge in [0.1, 0.15) is 0 Å². The maximum absolute atomic E-state index is 4.93. The summed E-state index contributed by atoms with van der Waals surface area (Å²) in [4.78, 5) is 0. The van der Waals surface area contributed by atoms with Crippen LogP contribution in [0.5, 0.6) is 0 Å². The summed E-state index contributed by atoms with van der Waals surface area (Å²) in [5.41, 5.74) is 0. The van der Waals surface area contributed by atoms with Crippen LogP contribution in [0.4, 0.5) is 0 Å². The van der Waals surface area contributed by atoms with E-state index in [1.165, 1.54) is 103 Å². The third kappa shape index (κ3) is 48.2. The van der Waals surface area contributed by atoms with Crippen molar-refractivity contribution in [1.29, 1.82) is 0 Å². The topological polar surface area (TPSA) is 28.2 Å². The number of hydrogen-bond donors (Lipinski definition) is 0. The third-order valence-corrected chi connectivity index (χ3v) is 4.68. The maximum atomic E-state index is 4.93. The number of nitrogens with zero attached hydrogens (tertiary/aromatic N) is 2. The molecule has 0 atom stereocenters. The molecule has 0 saturated carbocycles. The summed E-state index contributed by atoms with van der Waals surface area (Å²) in [5, 5.41) is 9.03. The first-order valence-electron chi connectivity index (χ1n) is 12.5. The first kappa shape index (κ1) is 35.0. The van der Waals surface area contributed by atoms with Crippen LogP contribution in [-0.2, 0) is 20.8 Å². The molecule has 0 fully saturated rings. The standard InChI is InChI=1S/2C12H26N.2ClH.Zr/c2*1-3-5-7-9-11-13-12-10-8-6-4-2;;;/h2*3-12H2,1-2H3;2*1H;/q2*-1;;;+4/p-2. The fourth-order valence-electron chi connectivity index (χ4n) is 2.83. The van der Waals surface area contributed by atoms with Crippen LogP contribution < -0.4 is 0 Å². The van der Waals surface area contributed by atoms with Gasteiger partial charge in [0, 0.05) is 0 Å². The van der Waals surface area contributed by atoms with E-state index in [1.807, 2.05) is 0 Å². The Labute approximate surface area is 204 Å². The first-order valence-corrected chi connectivity index (χ1v) is 18.8. The summed E-state index contributed by atoms with van der Waals surface area (Å²) in [6, 6.07) is 0. The van der Waals surface area contributed by atoms with Gasteiger partial charge in [-0.2, -0.15) is 0 Å². The number of rotatable bonds is 20. The van der Waals surface area contributed by atoms with E-state index in [4.69, 9.17) is 17.0 Å². The van der Waals surface area contributed by atoms with Crippen LogP contribution in [0.15, 0.2) is 0 Å². The molecule has 0 saturated heterocycles. The molecule has 0 aliphatic rings. The van der Waals surface area contributed by atoms with E-state index in [-0.39, 0.29) is 0 Å². The Balaban J connectivity index is -0.000000410. The molecule has 0 unspecified atom stereocenters. The van der Waals surface area contributed by atoms with Crippen molar-refractivity contribution in [1.82, 2.24) is 0 Å². The summed E-state index contributed by atoms with van der Waals surface area (Å²) in [6.07, 6.45) is 21.5. The van der Waals surface area contributed by atoms with Crippen LogP contribution in [0.1, 0.15) is 130 Å². The van der Waals surface area contributed by atoms with Gasteiger partial charge < -0.3 is 10.6 Å². The van der Waals surface area contributed by atoms with Gasteiger partial charge in [0.2, 0.25) is 0 Å². The zero-order chi connectivity index (χ0) is 22.3. The predicted molar refractivity (Wildman–Crippen MR) is 134 cm³/mol. The minimum atomic E-state index is -0.826. The number of hydrogen-bond acceptors (Lipinski definition) is 0. The average molecular weight is 531 g/mol. The summed E-state index contributed by atoms with van der Waals surface area (Å²) in [5.74, 6) is 0. The molecule has 176 valence electrons. The predicted octanol–water partition coefficient (Wildman–Crippen LogP) is 10.4. The number of unbranched alkanes of at least 4 members (excludes halogenated alkanes) is 12. The minimum absolute atomic E-state index is 0.826. The zero-order valence-corrected chi connectivity index (χ0v) is 24.3. The van der Waals surface area contributed by atoms with Crippen molar-refractivity contribution >= 4 is 17.0 Å². The van der Waals surface area contributed by atoms with Gasteiger partial charge in [0.25, 0.3) is 0 Å². The Morgan fingerprint density at radius 1 is 0.414 bits per heavy atom. The van der Waals surface area contributed by atoms with Crippen LogP contribution in [0.2, 0.25) is 0 Å². The summed E-state index contributed by atoms with van der Waals surface area (Å²) in [7, 11) is 9.87. The Morgan fingerprint density at radius 3 is 0.793 bits per heavy atom. The van der Waals surface area contributed by atoms with Gasteiger partial charge in [-0.1, -0.05) is 130 Å². The van der Waals surface area contributed by atoms with Crippen molar-refractivity contribution in [2.24, 2.45) is 0 Å². The molecule has 29 heavy (non-hydrogen) atoms. The fourth-order valence-corrected chi connectivity index (χ4v) is 2.83. The molecule has 0 aliphatic heterocycles. The molecule has 0 spiro atoms. The van der Waals surface area contributed by atoms with E-state index in [0.29, 0.717) is 0 Å². The molecule has 0 aromatic rings. The van der Waals surface area contributed by atoms with Crippen LogP contribution >= 0.6 is 17.0 Å². The van der Waals surface area contributed by atoms with Crippen LogP contribution in [-0.4, -0.2) is 26.2 Å². The van der Waals surface area contributed by atoms with Gasteiger partial charge in [0.15, 0.2) is 0 Å². The van der Waals surface area contributed by atoms with Gasteiger partial charge in [-0.3, -0.25) is 0 Å². The SMILES string of the molecule is CCCCCC[N-]CCCCCC.CCCCCC[N-]CCCCCC.[Cl][Zr+2][Cl]. The van der Waals surface area contributed by atoms with Crippen molar-refractivity contribution in [3.8, 4) is 0 Å². The van der Waals surface area contributed by atoms with E-state index in [2.05, 4.69) is 38.3 Å². The van der Waals surface area contributed by atoms with Crippen molar-refractivity contribution in [2.45, 2.75) is 130 Å². The second kappa shape index (κ2) is 39.8. The fraction of sp³-hybridized carbons (Fsp3) is 1.00. The van der Waals surface area contributed by atoms with Gasteiger partial charge >= 0.3 is 37.9 Å². The Hall–Kier alpha value is 1.38. The van der Waals surface area contributed by atoms with Gasteiger partial charge in [-0.25, -0.2) is 0 Å². The monoisotopic (exact) mass is 528 g/mol. The van der Waals surface area contributed by atoms with Gasteiger partial charge in [0.05, 0.1) is 0 Å². The van der Waals surface area contributed by atoms with E-state index in [1.54, 1.807) is 0 Å². The first-order chi connectivity index (χ1) is 14.2. The molecule has 0 N–H and O–H groups in total. The van der Waals surface area contributed by atoms with Crippen molar-refractivity contribution < 1.29 is 20.8 Å². The van der Waals surface area contributed by atoms with Crippen molar-refractivity contribution in [3.63, 3.8) is 0 Å². The Kier molecular flexibility index (Phi) is 48.0. The molecule has 0 heterocycles. The van der Waals surface area contributed by atoms with Crippen molar-refractivity contribution in [3.05, 3.63) is 10.6 Å². The van der Waals surface area contributed by atoms with Gasteiger partial charge in [-0.05, 0) is 0 Å². The summed E-state index contributed by atoms with van der Waals surface area (Å²) in [6.45, 7) is 13.4. The molecule has 0 aliphatic carbocycles. The van der Waals surface area contributed by atoms with E-state index >= 15 is 0 Å². The van der Waals surface area contributed by atoms with E-state index in [9.17, 15) is 0 Å². The molecule has 5 heteroatoms. The van der Waals surface area contributed by atoms with Crippen molar-refractivity contribution in [2.75, 3.05) is 26.2 Å². The van der Waals surface area contributed by atoms with Crippen LogP contribution in [0.25, 0.3) is 10.6 Å². The van der Waals surface area contributed by atoms with Crippen LogP contribution in [0.3, 0.4) is 0 Å². The second-order valence-electron chi connectivity index (χ2n) is 7.66. The van der Waals surface area contributed by atoms with Crippen LogP contribution in [0, 0.1) is 0 Å². The molecule has 0 rings (SSSR count). The molecular weight excluding hydrogens is 478 g/mol. The molecule has 0 bridgehead atoms. The van der Waals surface area contributed by atoms with Gasteiger partial charge in [-0.15, -0.1) is 26.2 Å². The Morgan fingerprint density at radius 2 is 0.621 bits per heavy atom. The van der Waals surface area contributed by atoms with E-state index in [0.717, 1.165) is 26.2 Å². The third-order valence-electron chi connectivity index (χ3n) is 4.68.